The van der Waals surface area contributed by atoms with Crippen molar-refractivity contribution in [2.45, 2.75) is 69.2 Å². The van der Waals surface area contributed by atoms with Crippen LogP contribution in [0.2, 0.25) is 0 Å². The largest absolute Gasteiger partial charge is 0.497 e. The number of benzene rings is 1. The standard InChI is InChI=1S/C29H43N3O7/c1-7-12-28-21-11-10-20(37-6)17-22(21)32(4)24(28)29(35,18-31-26(34)38-16-15-36-5)25(39-19(3)33)27(8-2)13-9-14-30-23(27)28/h9-11,13,17,23-25,30,35H,7-8,12,14-16,18H2,1-6H3,(H,31,34)/t23-,24+,25+,27?,28?,29-/m0/s1. The number of esters is 1. The summed E-state index contributed by atoms with van der Waals surface area (Å²) < 4.78 is 21.9. The van der Waals surface area contributed by atoms with Crippen LogP contribution in [0.3, 0.4) is 0 Å². The van der Waals surface area contributed by atoms with Gasteiger partial charge in [0.05, 0.1) is 26.3 Å². The molecule has 1 amide bonds. The third kappa shape index (κ3) is 4.56. The molecule has 0 aromatic heterocycles. The van der Waals surface area contributed by atoms with Gasteiger partial charge in [-0.2, -0.15) is 0 Å². The van der Waals surface area contributed by atoms with E-state index in [-0.39, 0.29) is 25.8 Å². The van der Waals surface area contributed by atoms with Crippen LogP contribution in [0.4, 0.5) is 10.5 Å². The quantitative estimate of drug-likeness (QED) is 0.232. The van der Waals surface area contributed by atoms with Gasteiger partial charge in [0.1, 0.15) is 24.1 Å². The second kappa shape index (κ2) is 11.3. The molecule has 4 rings (SSSR count). The monoisotopic (exact) mass is 545 g/mol. The van der Waals surface area contributed by atoms with Gasteiger partial charge >= 0.3 is 12.1 Å². The van der Waals surface area contributed by atoms with E-state index in [9.17, 15) is 14.7 Å². The van der Waals surface area contributed by atoms with E-state index in [2.05, 4.69) is 41.5 Å². The number of nitrogens with one attached hydrogen (secondary N) is 2. The first-order valence-corrected chi connectivity index (χ1v) is 13.8. The van der Waals surface area contributed by atoms with Crippen molar-refractivity contribution >= 4 is 17.7 Å². The zero-order chi connectivity index (χ0) is 28.4. The Labute approximate surface area is 231 Å². The third-order valence-corrected chi connectivity index (χ3v) is 8.89. The zero-order valence-electron chi connectivity index (χ0n) is 23.9. The average molecular weight is 546 g/mol. The number of amides is 1. The summed E-state index contributed by atoms with van der Waals surface area (Å²) in [5.74, 6) is 0.221. The van der Waals surface area contributed by atoms with Gasteiger partial charge in [-0.15, -0.1) is 0 Å². The van der Waals surface area contributed by atoms with E-state index in [0.29, 0.717) is 18.7 Å². The minimum absolute atomic E-state index is 0.0795. The first-order chi connectivity index (χ1) is 18.7. The Kier molecular flexibility index (Phi) is 8.49. The highest BCUT2D eigenvalue weighted by Gasteiger charge is 2.74. The summed E-state index contributed by atoms with van der Waals surface area (Å²) in [4.78, 5) is 27.3. The maximum Gasteiger partial charge on any atom is 0.407 e. The van der Waals surface area contributed by atoms with Crippen LogP contribution in [0.5, 0.6) is 5.75 Å². The van der Waals surface area contributed by atoms with Crippen LogP contribution in [0.1, 0.15) is 45.6 Å². The highest BCUT2D eigenvalue weighted by molar-refractivity contribution is 5.72. The summed E-state index contributed by atoms with van der Waals surface area (Å²) in [6, 6.07) is 5.35. The van der Waals surface area contributed by atoms with Gasteiger partial charge in [-0.25, -0.2) is 4.79 Å². The van der Waals surface area contributed by atoms with E-state index in [0.717, 1.165) is 24.1 Å². The molecule has 1 saturated carbocycles. The number of aliphatic hydroxyl groups is 1. The maximum atomic E-state index is 13.0. The Morgan fingerprint density at radius 2 is 2.00 bits per heavy atom. The number of hydrogen-bond acceptors (Lipinski definition) is 9. The van der Waals surface area contributed by atoms with Crippen molar-refractivity contribution in [3.05, 3.63) is 35.9 Å². The first kappa shape index (κ1) is 29.2. The molecule has 0 saturated heterocycles. The lowest BCUT2D eigenvalue weighted by Crippen LogP contribution is -2.82. The van der Waals surface area contributed by atoms with Gasteiger partial charge in [-0.05, 0) is 24.5 Å². The van der Waals surface area contributed by atoms with Crippen LogP contribution in [0.25, 0.3) is 0 Å². The number of hydrogen-bond donors (Lipinski definition) is 3. The van der Waals surface area contributed by atoms with E-state index in [1.165, 1.54) is 14.0 Å². The van der Waals surface area contributed by atoms with E-state index in [1.54, 1.807) is 7.11 Å². The van der Waals surface area contributed by atoms with Crippen LogP contribution in [-0.2, 0) is 24.4 Å². The van der Waals surface area contributed by atoms with Crippen molar-refractivity contribution in [3.63, 3.8) is 0 Å². The highest BCUT2D eigenvalue weighted by atomic mass is 16.6. The summed E-state index contributed by atoms with van der Waals surface area (Å²) in [6.45, 7) is 6.38. The van der Waals surface area contributed by atoms with Gasteiger partial charge in [0.25, 0.3) is 0 Å². The number of ether oxygens (including phenoxy) is 4. The van der Waals surface area contributed by atoms with Crippen LogP contribution in [-0.4, -0.2) is 88.5 Å². The molecular formula is C29H43N3O7. The van der Waals surface area contributed by atoms with Gasteiger partial charge in [0.2, 0.25) is 0 Å². The van der Waals surface area contributed by atoms with Crippen molar-refractivity contribution in [2.75, 3.05) is 52.5 Å². The molecule has 1 aromatic rings. The van der Waals surface area contributed by atoms with Crippen molar-refractivity contribution in [2.24, 2.45) is 5.41 Å². The van der Waals surface area contributed by atoms with E-state index in [4.69, 9.17) is 18.9 Å². The maximum absolute atomic E-state index is 13.0. The fourth-order valence-corrected chi connectivity index (χ4v) is 7.70. The number of fused-ring (bicyclic) bond motifs is 5. The molecule has 10 heteroatoms. The summed E-state index contributed by atoms with van der Waals surface area (Å²) >= 11 is 0. The van der Waals surface area contributed by atoms with Crippen molar-refractivity contribution < 1.29 is 33.6 Å². The van der Waals surface area contributed by atoms with Crippen LogP contribution >= 0.6 is 0 Å². The Bertz CT molecular complexity index is 1100. The van der Waals surface area contributed by atoms with Gasteiger partial charge in [-0.1, -0.05) is 38.5 Å². The second-order valence-corrected chi connectivity index (χ2v) is 10.9. The Hall–Kier alpha value is -2.82. The minimum Gasteiger partial charge on any atom is -0.497 e. The van der Waals surface area contributed by atoms with Crippen molar-refractivity contribution in [1.29, 1.82) is 0 Å². The second-order valence-electron chi connectivity index (χ2n) is 10.9. The first-order valence-electron chi connectivity index (χ1n) is 13.8. The zero-order valence-corrected chi connectivity index (χ0v) is 23.9. The molecule has 1 fully saturated rings. The Morgan fingerprint density at radius 1 is 1.23 bits per heavy atom. The van der Waals surface area contributed by atoms with Crippen LogP contribution < -0.4 is 20.3 Å². The lowest BCUT2D eigenvalue weighted by Gasteiger charge is -2.65. The lowest BCUT2D eigenvalue weighted by molar-refractivity contribution is -0.214. The Morgan fingerprint density at radius 3 is 2.64 bits per heavy atom. The van der Waals surface area contributed by atoms with Crippen LogP contribution in [0, 0.1) is 5.41 Å². The predicted octanol–water partition coefficient (Wildman–Crippen LogP) is 2.52. The normalized spacial score (nSPS) is 32.6. The molecule has 10 nitrogen and oxygen atoms in total. The molecule has 3 N–H and O–H groups in total. The molecular weight excluding hydrogens is 502 g/mol. The highest BCUT2D eigenvalue weighted by Crippen LogP contribution is 2.63. The van der Waals surface area contributed by atoms with Crippen molar-refractivity contribution in [1.82, 2.24) is 10.6 Å². The SMILES string of the molecule is CCCC12c3ccc(OC)cc3N(C)[C@H]1[C@@](O)(CNC(=O)OCCOC)[C@H](OC(C)=O)C1(CC)C=CCN[C@@H]12. The van der Waals surface area contributed by atoms with Gasteiger partial charge < -0.3 is 39.6 Å². The van der Waals surface area contributed by atoms with E-state index >= 15 is 0 Å². The molecule has 0 radical (unpaired) electrons. The molecule has 39 heavy (non-hydrogen) atoms. The molecule has 3 aliphatic rings. The molecule has 1 aromatic carbocycles. The number of likely N-dealkylation sites (N-methyl/N-ethyl adjacent to an activating group) is 1. The number of carbonyl (C=O) groups excluding carboxylic acids is 2. The molecule has 2 unspecified atom stereocenters. The van der Waals surface area contributed by atoms with E-state index < -0.39 is 40.6 Å². The molecule has 2 aliphatic heterocycles. The van der Waals surface area contributed by atoms with E-state index in [1.807, 2.05) is 25.3 Å². The molecule has 216 valence electrons. The average Bonchev–Trinajstić information content (AvgIpc) is 3.18. The fourth-order valence-electron chi connectivity index (χ4n) is 7.70. The molecule has 1 aliphatic carbocycles. The summed E-state index contributed by atoms with van der Waals surface area (Å²) in [7, 11) is 5.11. The number of methoxy groups -OCH3 is 2. The number of carbonyl (C=O) groups is 2. The van der Waals surface area contributed by atoms with Crippen molar-refractivity contribution in [3.8, 4) is 5.75 Å². The molecule has 0 bridgehead atoms. The summed E-state index contributed by atoms with van der Waals surface area (Å²) in [6.07, 6.45) is 4.76. The van der Waals surface area contributed by atoms with Gasteiger partial charge in [0, 0.05) is 56.3 Å². The van der Waals surface area contributed by atoms with Crippen LogP contribution in [0.15, 0.2) is 30.4 Å². The van der Waals surface area contributed by atoms with Gasteiger partial charge in [-0.3, -0.25) is 4.79 Å². The number of nitrogens with zero attached hydrogens (tertiary/aromatic N) is 1. The predicted molar refractivity (Wildman–Crippen MR) is 147 cm³/mol. The number of rotatable bonds is 10. The lowest BCUT2D eigenvalue weighted by atomic mass is 9.46. The third-order valence-electron chi connectivity index (χ3n) is 8.89. The van der Waals surface area contributed by atoms with Gasteiger partial charge in [0.15, 0.2) is 0 Å². The minimum atomic E-state index is -1.68. The molecule has 6 atom stereocenters. The molecule has 0 spiro atoms. The molecule has 2 heterocycles. The smallest absolute Gasteiger partial charge is 0.407 e. The Balaban J connectivity index is 1.94. The number of alkyl carbamates (subject to hydrolysis) is 1. The summed E-state index contributed by atoms with van der Waals surface area (Å²) in [5.41, 5.74) is -0.949. The summed E-state index contributed by atoms with van der Waals surface area (Å²) in [5, 5.41) is 19.5. The number of anilines is 1. The fraction of sp³-hybridized carbons (Fsp3) is 0.655. The topological polar surface area (TPSA) is 119 Å².